The van der Waals surface area contributed by atoms with Crippen LogP contribution in [0.5, 0.6) is 0 Å². The van der Waals surface area contributed by atoms with E-state index in [-0.39, 0.29) is 0 Å². The number of amides is 3. The Morgan fingerprint density at radius 3 is 2.48 bits per heavy atom. The summed E-state index contributed by atoms with van der Waals surface area (Å²) in [4.78, 5) is 33.9. The van der Waals surface area contributed by atoms with Crippen molar-refractivity contribution in [3.05, 3.63) is 34.3 Å². The average Bonchev–Trinajstić information content (AvgIpc) is 2.79. The molecule has 0 bridgehead atoms. The minimum Gasteiger partial charge on any atom is -0.394 e. The van der Waals surface area contributed by atoms with Crippen LogP contribution < -0.4 is 5.32 Å². The first kappa shape index (κ1) is 27.1. The van der Waals surface area contributed by atoms with Crippen LogP contribution in [0.15, 0.2) is 18.2 Å². The summed E-state index contributed by atoms with van der Waals surface area (Å²) in [5.41, 5.74) is 1.86. The fourth-order valence-corrected chi connectivity index (χ4v) is 4.94. The molecule has 33 heavy (non-hydrogen) atoms. The van der Waals surface area contributed by atoms with E-state index in [4.69, 9.17) is 16.4 Å². The normalized spacial score (nSPS) is 22.1. The number of benzene rings is 1. The molecule has 1 saturated carbocycles. The highest BCUT2D eigenvalue weighted by Crippen LogP contribution is 2.36. The lowest BCUT2D eigenvalue weighted by Gasteiger charge is -2.45. The van der Waals surface area contributed by atoms with E-state index >= 15 is 0 Å². The average molecular weight is 491 g/mol. The molecular formula is C23H30ClF3N2O4. The van der Waals surface area contributed by atoms with Gasteiger partial charge in [-0.2, -0.15) is 13.2 Å². The van der Waals surface area contributed by atoms with Gasteiger partial charge in [0.2, 0.25) is 5.91 Å². The van der Waals surface area contributed by atoms with Crippen LogP contribution in [0.25, 0.3) is 0 Å². The van der Waals surface area contributed by atoms with Gasteiger partial charge in [-0.1, -0.05) is 48.6 Å². The van der Waals surface area contributed by atoms with Crippen LogP contribution >= 0.6 is 11.6 Å². The van der Waals surface area contributed by atoms with Gasteiger partial charge >= 0.3 is 12.2 Å². The molecule has 184 valence electrons. The predicted molar refractivity (Wildman–Crippen MR) is 118 cm³/mol. The third-order valence-electron chi connectivity index (χ3n) is 6.44. The fraction of sp³-hybridized carbons (Fsp3) is 0.609. The minimum atomic E-state index is -4.60. The molecule has 0 radical (unpaired) electrons. The van der Waals surface area contributed by atoms with Crippen molar-refractivity contribution in [2.24, 2.45) is 11.8 Å². The Morgan fingerprint density at radius 1 is 1.27 bits per heavy atom. The Kier molecular flexibility index (Phi) is 9.72. The zero-order valence-electron chi connectivity index (χ0n) is 18.5. The number of β-lactam (4-membered cyclic amide) rings is 1. The first-order chi connectivity index (χ1) is 15.6. The summed E-state index contributed by atoms with van der Waals surface area (Å²) in [6.07, 6.45) is -0.723. The van der Waals surface area contributed by atoms with E-state index in [2.05, 4.69) is 0 Å². The van der Waals surface area contributed by atoms with Crippen LogP contribution in [0.1, 0.15) is 49.7 Å². The van der Waals surface area contributed by atoms with Gasteiger partial charge in [0.15, 0.2) is 0 Å². The topological polar surface area (TPSA) is 86.7 Å². The molecule has 2 aliphatic rings. The second kappa shape index (κ2) is 11.8. The Labute approximate surface area is 196 Å². The summed E-state index contributed by atoms with van der Waals surface area (Å²) in [5.74, 6) is -1.89. The van der Waals surface area contributed by atoms with Gasteiger partial charge in [0.1, 0.15) is 12.8 Å². The minimum absolute atomic E-state index is 0.350. The number of likely N-dealkylation sites (tertiary alicyclic amines) is 1. The molecule has 2 N–H and O–H groups in total. The van der Waals surface area contributed by atoms with E-state index in [1.54, 1.807) is 6.07 Å². The number of rotatable bonds is 6. The summed E-state index contributed by atoms with van der Waals surface area (Å²) >= 11 is 6.19. The maximum Gasteiger partial charge on any atom is 0.408 e. The molecule has 0 spiro atoms. The standard InChI is InChI=1S/C22H28ClF3N2O3.CH2O/c1-13-7-10-17(23)15(11-13)8-9-16-18(12-29)28(20(16)30)21(31)27-19(22(24,25)26)14-5-3-2-4-6-14;1-2/h7,10-11,14,16,18-19,29H,2-6,8-9,12H2,1H3,(H,27,31);1H2/t16-,18?,19?;/m1./s1. The number of hydrogen-bond acceptors (Lipinski definition) is 4. The van der Waals surface area contributed by atoms with Crippen molar-refractivity contribution >= 4 is 30.3 Å². The summed E-state index contributed by atoms with van der Waals surface area (Å²) in [7, 11) is 0. The zero-order valence-corrected chi connectivity index (χ0v) is 19.3. The van der Waals surface area contributed by atoms with Crippen LogP contribution in [-0.4, -0.2) is 53.6 Å². The molecule has 3 atom stereocenters. The van der Waals surface area contributed by atoms with Crippen molar-refractivity contribution < 1.29 is 32.7 Å². The first-order valence-corrected chi connectivity index (χ1v) is 11.4. The molecule has 6 nitrogen and oxygen atoms in total. The molecule has 1 heterocycles. The number of alkyl halides is 3. The fourth-order valence-electron chi connectivity index (χ4n) is 4.72. The van der Waals surface area contributed by atoms with Gasteiger partial charge in [-0.05, 0) is 50.2 Å². The third-order valence-corrected chi connectivity index (χ3v) is 6.80. The van der Waals surface area contributed by atoms with Crippen LogP contribution in [0, 0.1) is 18.8 Å². The van der Waals surface area contributed by atoms with Gasteiger partial charge in [-0.25, -0.2) is 4.79 Å². The third kappa shape index (κ3) is 6.47. The summed E-state index contributed by atoms with van der Waals surface area (Å²) in [6, 6.07) is 1.63. The monoisotopic (exact) mass is 490 g/mol. The van der Waals surface area contributed by atoms with E-state index in [0.717, 1.165) is 22.4 Å². The highest BCUT2D eigenvalue weighted by Gasteiger charge is 2.52. The summed E-state index contributed by atoms with van der Waals surface area (Å²) in [5, 5.41) is 12.3. The lowest BCUT2D eigenvalue weighted by atomic mass is 9.82. The van der Waals surface area contributed by atoms with Gasteiger partial charge in [-0.3, -0.25) is 9.69 Å². The van der Waals surface area contributed by atoms with Crippen molar-refractivity contribution in [2.45, 2.75) is 70.1 Å². The Hall–Kier alpha value is -2.13. The van der Waals surface area contributed by atoms with E-state index < -0.39 is 48.6 Å². The quantitative estimate of drug-likeness (QED) is 0.577. The Bertz CT molecular complexity index is 830. The van der Waals surface area contributed by atoms with Gasteiger partial charge in [0.05, 0.1) is 18.6 Å². The molecule has 0 aromatic heterocycles. The van der Waals surface area contributed by atoms with Gasteiger partial charge in [0, 0.05) is 5.02 Å². The predicted octanol–water partition coefficient (Wildman–Crippen LogP) is 4.44. The van der Waals surface area contributed by atoms with Crippen molar-refractivity contribution in [1.82, 2.24) is 10.2 Å². The number of aliphatic hydroxyl groups excluding tert-OH is 1. The molecule has 3 amide bonds. The molecule has 1 aromatic carbocycles. The number of nitrogens with zero attached hydrogens (tertiary/aromatic N) is 1. The van der Waals surface area contributed by atoms with Gasteiger partial charge in [-0.15, -0.1) is 0 Å². The lowest BCUT2D eigenvalue weighted by Crippen LogP contribution is -2.68. The number of aryl methyl sites for hydroxylation is 2. The largest absolute Gasteiger partial charge is 0.408 e. The van der Waals surface area contributed by atoms with E-state index in [1.807, 2.05) is 31.2 Å². The first-order valence-electron chi connectivity index (χ1n) is 11.0. The van der Waals surface area contributed by atoms with Gasteiger partial charge in [0.25, 0.3) is 0 Å². The number of carbonyl (C=O) groups is 3. The number of aliphatic hydroxyl groups is 1. The number of halogens is 4. The van der Waals surface area contributed by atoms with Crippen molar-refractivity contribution in [1.29, 1.82) is 0 Å². The lowest BCUT2D eigenvalue weighted by molar-refractivity contribution is -0.170. The second-order valence-corrected chi connectivity index (χ2v) is 8.97. The van der Waals surface area contributed by atoms with Crippen molar-refractivity contribution in [3.8, 4) is 0 Å². The van der Waals surface area contributed by atoms with Crippen LogP contribution in [-0.2, 0) is 16.0 Å². The Morgan fingerprint density at radius 2 is 1.91 bits per heavy atom. The van der Waals surface area contributed by atoms with Crippen LogP contribution in [0.4, 0.5) is 18.0 Å². The number of hydrogen-bond donors (Lipinski definition) is 2. The number of imide groups is 1. The smallest absolute Gasteiger partial charge is 0.394 e. The van der Waals surface area contributed by atoms with Crippen LogP contribution in [0.3, 0.4) is 0 Å². The number of carbonyl (C=O) groups excluding carboxylic acids is 3. The maximum absolute atomic E-state index is 13.6. The van der Waals surface area contributed by atoms with Crippen LogP contribution in [0.2, 0.25) is 5.02 Å². The number of urea groups is 1. The molecule has 1 aliphatic carbocycles. The molecular weight excluding hydrogens is 461 g/mol. The highest BCUT2D eigenvalue weighted by atomic mass is 35.5. The summed E-state index contributed by atoms with van der Waals surface area (Å²) < 4.78 is 40.8. The zero-order chi connectivity index (χ0) is 24.8. The molecule has 2 unspecified atom stereocenters. The molecule has 1 aliphatic heterocycles. The molecule has 1 aromatic rings. The van der Waals surface area contributed by atoms with E-state index in [9.17, 15) is 27.9 Å². The molecule has 2 fully saturated rings. The number of nitrogens with one attached hydrogen (secondary N) is 1. The SMILES string of the molecule is C=O.Cc1ccc(Cl)c(CC[C@H]2C(=O)N(C(=O)NC(C3CCCCC3)C(F)(F)F)C2CO)c1. The Balaban J connectivity index is 0.00000187. The maximum atomic E-state index is 13.6. The molecule has 1 saturated heterocycles. The van der Waals surface area contributed by atoms with Crippen molar-refractivity contribution in [2.75, 3.05) is 6.61 Å². The van der Waals surface area contributed by atoms with Gasteiger partial charge < -0.3 is 15.2 Å². The second-order valence-electron chi connectivity index (χ2n) is 8.57. The van der Waals surface area contributed by atoms with E-state index in [1.165, 1.54) is 0 Å². The highest BCUT2D eigenvalue weighted by molar-refractivity contribution is 6.31. The van der Waals surface area contributed by atoms with E-state index in [0.29, 0.717) is 43.5 Å². The summed E-state index contributed by atoms with van der Waals surface area (Å²) in [6.45, 7) is 3.42. The van der Waals surface area contributed by atoms with Crippen molar-refractivity contribution in [3.63, 3.8) is 0 Å². The molecule has 3 rings (SSSR count). The molecule has 10 heteroatoms.